The third-order valence-electron chi connectivity index (χ3n) is 3.06. The Morgan fingerprint density at radius 3 is 2.64 bits per heavy atom. The van der Waals surface area contributed by atoms with Crippen LogP contribution in [0.4, 0.5) is 5.69 Å². The summed E-state index contributed by atoms with van der Waals surface area (Å²) in [4.78, 5) is 4.65. The zero-order chi connectivity index (χ0) is 15.5. The van der Waals surface area contributed by atoms with Gasteiger partial charge in [-0.05, 0) is 36.4 Å². The van der Waals surface area contributed by atoms with Crippen LogP contribution in [0.1, 0.15) is 11.8 Å². The van der Waals surface area contributed by atoms with E-state index in [4.69, 9.17) is 28.2 Å². The molecule has 1 unspecified atom stereocenters. The van der Waals surface area contributed by atoms with Crippen LogP contribution in [-0.2, 0) is 0 Å². The van der Waals surface area contributed by atoms with Crippen LogP contribution >= 0.6 is 23.8 Å². The fourth-order valence-electron chi connectivity index (χ4n) is 1.99. The van der Waals surface area contributed by atoms with Gasteiger partial charge >= 0.3 is 0 Å². The van der Waals surface area contributed by atoms with Crippen molar-refractivity contribution in [1.29, 1.82) is 5.26 Å². The molecule has 3 rings (SSSR count). The standard InChI is InChI=1S/C16H10ClN3OS/c17-10-5-7-11(8-6-10)19-16(22)12(9-18)15-20-13-3-1-2-4-14(13)21-15/h1-8,12H,(H,19,22). The third kappa shape index (κ3) is 2.93. The molecule has 0 aliphatic heterocycles. The lowest BCUT2D eigenvalue weighted by molar-refractivity contribution is 0.539. The lowest BCUT2D eigenvalue weighted by Crippen LogP contribution is -2.18. The second-order valence-electron chi connectivity index (χ2n) is 4.58. The Bertz CT molecular complexity index is 834. The van der Waals surface area contributed by atoms with E-state index >= 15 is 0 Å². The van der Waals surface area contributed by atoms with E-state index in [9.17, 15) is 5.26 Å². The van der Waals surface area contributed by atoms with Crippen molar-refractivity contribution in [2.24, 2.45) is 0 Å². The molecule has 6 heteroatoms. The van der Waals surface area contributed by atoms with E-state index in [1.165, 1.54) is 0 Å². The summed E-state index contributed by atoms with van der Waals surface area (Å²) >= 11 is 11.2. The number of benzene rings is 2. The molecule has 0 saturated carbocycles. The van der Waals surface area contributed by atoms with Gasteiger partial charge in [-0.1, -0.05) is 36.0 Å². The summed E-state index contributed by atoms with van der Waals surface area (Å²) in [5, 5.41) is 13.0. The molecule has 0 saturated heterocycles. The van der Waals surface area contributed by atoms with Crippen LogP contribution in [0.2, 0.25) is 5.02 Å². The maximum absolute atomic E-state index is 9.40. The molecule has 0 aliphatic rings. The average molecular weight is 328 g/mol. The normalized spacial score (nSPS) is 11.8. The Kier molecular flexibility index (Phi) is 4.05. The first-order valence-corrected chi connectivity index (χ1v) is 7.27. The quantitative estimate of drug-likeness (QED) is 0.716. The molecule has 22 heavy (non-hydrogen) atoms. The van der Waals surface area contributed by atoms with Crippen molar-refractivity contribution in [2.45, 2.75) is 5.92 Å². The fraction of sp³-hybridized carbons (Fsp3) is 0.0625. The van der Waals surface area contributed by atoms with Crippen LogP contribution in [0.3, 0.4) is 0 Å². The first kappa shape index (κ1) is 14.5. The molecule has 108 valence electrons. The van der Waals surface area contributed by atoms with E-state index in [-0.39, 0.29) is 5.89 Å². The van der Waals surface area contributed by atoms with Gasteiger partial charge in [-0.15, -0.1) is 0 Å². The molecular formula is C16H10ClN3OS. The number of nitrogens with zero attached hydrogens (tertiary/aromatic N) is 2. The van der Waals surface area contributed by atoms with Gasteiger partial charge in [-0.25, -0.2) is 4.98 Å². The number of thiocarbonyl (C=S) groups is 1. The van der Waals surface area contributed by atoms with Crippen molar-refractivity contribution < 1.29 is 4.42 Å². The molecule has 1 atom stereocenters. The van der Waals surface area contributed by atoms with Gasteiger partial charge in [0.25, 0.3) is 0 Å². The highest BCUT2D eigenvalue weighted by Crippen LogP contribution is 2.23. The minimum absolute atomic E-state index is 0.287. The van der Waals surface area contributed by atoms with Crippen molar-refractivity contribution in [2.75, 3.05) is 5.32 Å². The Morgan fingerprint density at radius 2 is 1.95 bits per heavy atom. The SMILES string of the molecule is N#CC(C(=S)Nc1ccc(Cl)cc1)c1nc2ccccc2o1. The summed E-state index contributed by atoms with van der Waals surface area (Å²) in [5.41, 5.74) is 2.09. The highest BCUT2D eigenvalue weighted by Gasteiger charge is 2.22. The minimum Gasteiger partial charge on any atom is -0.439 e. The van der Waals surface area contributed by atoms with Gasteiger partial charge in [0.05, 0.1) is 6.07 Å². The third-order valence-corrected chi connectivity index (χ3v) is 3.65. The number of nitrogens with one attached hydrogen (secondary N) is 1. The van der Waals surface area contributed by atoms with Crippen LogP contribution in [0.15, 0.2) is 52.9 Å². The van der Waals surface area contributed by atoms with Gasteiger partial charge in [0.2, 0.25) is 5.89 Å². The molecule has 2 aromatic carbocycles. The van der Waals surface area contributed by atoms with Gasteiger partial charge < -0.3 is 9.73 Å². The highest BCUT2D eigenvalue weighted by molar-refractivity contribution is 7.80. The second-order valence-corrected chi connectivity index (χ2v) is 5.45. The summed E-state index contributed by atoms with van der Waals surface area (Å²) in [6.07, 6.45) is 0. The molecule has 4 nitrogen and oxygen atoms in total. The summed E-state index contributed by atoms with van der Waals surface area (Å²) in [6.45, 7) is 0. The fourth-order valence-corrected chi connectivity index (χ4v) is 2.38. The number of hydrogen-bond acceptors (Lipinski definition) is 4. The van der Waals surface area contributed by atoms with Crippen LogP contribution in [0, 0.1) is 11.3 Å². The Labute approximate surface area is 137 Å². The monoisotopic (exact) mass is 327 g/mol. The van der Waals surface area contributed by atoms with Gasteiger partial charge in [0, 0.05) is 10.7 Å². The Morgan fingerprint density at radius 1 is 1.23 bits per heavy atom. The largest absolute Gasteiger partial charge is 0.439 e. The van der Waals surface area contributed by atoms with Gasteiger partial charge in [-0.2, -0.15) is 5.26 Å². The molecule has 1 heterocycles. The van der Waals surface area contributed by atoms with E-state index < -0.39 is 5.92 Å². The van der Waals surface area contributed by atoms with E-state index in [2.05, 4.69) is 16.4 Å². The predicted molar refractivity (Wildman–Crippen MR) is 90.0 cm³/mol. The molecule has 1 N–H and O–H groups in total. The van der Waals surface area contributed by atoms with Crippen LogP contribution in [0.25, 0.3) is 11.1 Å². The Balaban J connectivity index is 1.85. The zero-order valence-corrected chi connectivity index (χ0v) is 12.9. The molecule has 0 radical (unpaired) electrons. The van der Waals surface area contributed by atoms with Crippen molar-refractivity contribution in [3.05, 3.63) is 59.4 Å². The topological polar surface area (TPSA) is 61.9 Å². The molecule has 1 aromatic heterocycles. The lowest BCUT2D eigenvalue weighted by Gasteiger charge is -2.10. The van der Waals surface area contributed by atoms with Crippen LogP contribution < -0.4 is 5.32 Å². The molecule has 0 bridgehead atoms. The summed E-state index contributed by atoms with van der Waals surface area (Å²) in [5.74, 6) is -0.465. The number of rotatable bonds is 3. The molecule has 0 amide bonds. The lowest BCUT2D eigenvalue weighted by atomic mass is 10.1. The molecule has 0 spiro atoms. The predicted octanol–water partition coefficient (Wildman–Crippen LogP) is 4.53. The van der Waals surface area contributed by atoms with Crippen molar-refractivity contribution in [3.63, 3.8) is 0 Å². The number of hydrogen-bond donors (Lipinski definition) is 1. The minimum atomic E-state index is -0.752. The summed E-state index contributed by atoms with van der Waals surface area (Å²) < 4.78 is 5.62. The molecular weight excluding hydrogens is 318 g/mol. The number of oxazole rings is 1. The van der Waals surface area contributed by atoms with Crippen LogP contribution in [-0.4, -0.2) is 9.97 Å². The van der Waals surface area contributed by atoms with E-state index in [1.54, 1.807) is 30.3 Å². The second kappa shape index (κ2) is 6.14. The highest BCUT2D eigenvalue weighted by atomic mass is 35.5. The maximum atomic E-state index is 9.40. The Hall–Kier alpha value is -2.42. The number of halogens is 1. The summed E-state index contributed by atoms with van der Waals surface area (Å²) in [6, 6.07) is 16.5. The average Bonchev–Trinajstić information content (AvgIpc) is 2.94. The molecule has 0 aliphatic carbocycles. The first-order chi connectivity index (χ1) is 10.7. The van der Waals surface area contributed by atoms with Gasteiger partial charge in [-0.3, -0.25) is 0 Å². The number of anilines is 1. The maximum Gasteiger partial charge on any atom is 0.219 e. The smallest absolute Gasteiger partial charge is 0.219 e. The zero-order valence-electron chi connectivity index (χ0n) is 11.3. The molecule has 0 fully saturated rings. The van der Waals surface area contributed by atoms with Crippen molar-refractivity contribution >= 4 is 45.6 Å². The van der Waals surface area contributed by atoms with Gasteiger partial charge in [0.1, 0.15) is 10.5 Å². The number of aromatic nitrogens is 1. The van der Waals surface area contributed by atoms with Crippen molar-refractivity contribution in [1.82, 2.24) is 4.98 Å². The van der Waals surface area contributed by atoms with E-state index in [0.29, 0.717) is 21.1 Å². The number of nitriles is 1. The number of fused-ring (bicyclic) bond motifs is 1. The van der Waals surface area contributed by atoms with Crippen LogP contribution in [0.5, 0.6) is 0 Å². The molecule has 3 aromatic rings. The van der Waals surface area contributed by atoms with Crippen molar-refractivity contribution in [3.8, 4) is 6.07 Å². The van der Waals surface area contributed by atoms with Gasteiger partial charge in [0.15, 0.2) is 11.5 Å². The van der Waals surface area contributed by atoms with E-state index in [0.717, 1.165) is 5.69 Å². The number of para-hydroxylation sites is 2. The summed E-state index contributed by atoms with van der Waals surface area (Å²) in [7, 11) is 0. The van der Waals surface area contributed by atoms with E-state index in [1.807, 2.05) is 18.2 Å². The first-order valence-electron chi connectivity index (χ1n) is 6.49.